The zero-order valence-corrected chi connectivity index (χ0v) is 10.7. The van der Waals surface area contributed by atoms with E-state index in [0.29, 0.717) is 0 Å². The zero-order valence-electron chi connectivity index (χ0n) is 10.7. The van der Waals surface area contributed by atoms with E-state index in [9.17, 15) is 4.79 Å². The first kappa shape index (κ1) is 12.6. The highest BCUT2D eigenvalue weighted by molar-refractivity contribution is 5.90. The highest BCUT2D eigenvalue weighted by atomic mass is 16.1. The standard InChI is InChI=1S/C14H19N3O/c1-16-8-10-17(11-9-16)13-5-2-12(3-6-13)4-7-14(15)18/h2-7H,8-11H2,1H3,(H2,15,18). The van der Waals surface area contributed by atoms with Gasteiger partial charge in [0.25, 0.3) is 0 Å². The number of amides is 1. The van der Waals surface area contributed by atoms with Crippen molar-refractivity contribution in [3.8, 4) is 0 Å². The van der Waals surface area contributed by atoms with Gasteiger partial charge in [-0.2, -0.15) is 0 Å². The Bertz CT molecular complexity index is 431. The van der Waals surface area contributed by atoms with Crippen molar-refractivity contribution in [3.63, 3.8) is 0 Å². The molecule has 1 fully saturated rings. The lowest BCUT2D eigenvalue weighted by Gasteiger charge is -2.34. The van der Waals surface area contributed by atoms with E-state index >= 15 is 0 Å². The number of rotatable bonds is 3. The van der Waals surface area contributed by atoms with Gasteiger partial charge in [-0.1, -0.05) is 12.1 Å². The molecule has 4 heteroatoms. The maximum atomic E-state index is 10.6. The Morgan fingerprint density at radius 2 is 1.78 bits per heavy atom. The largest absolute Gasteiger partial charge is 0.369 e. The van der Waals surface area contributed by atoms with Gasteiger partial charge in [0.2, 0.25) is 5.91 Å². The van der Waals surface area contributed by atoms with Crippen LogP contribution in [0.3, 0.4) is 0 Å². The molecule has 0 atom stereocenters. The van der Waals surface area contributed by atoms with Crippen LogP contribution >= 0.6 is 0 Å². The van der Waals surface area contributed by atoms with E-state index in [4.69, 9.17) is 5.73 Å². The van der Waals surface area contributed by atoms with E-state index in [1.165, 1.54) is 11.8 Å². The van der Waals surface area contributed by atoms with Crippen molar-refractivity contribution in [2.24, 2.45) is 5.73 Å². The number of carbonyl (C=O) groups excluding carboxylic acids is 1. The number of hydrogen-bond acceptors (Lipinski definition) is 3. The highest BCUT2D eigenvalue weighted by Gasteiger charge is 2.13. The average molecular weight is 245 g/mol. The van der Waals surface area contributed by atoms with Crippen molar-refractivity contribution < 1.29 is 4.79 Å². The maximum Gasteiger partial charge on any atom is 0.241 e. The van der Waals surface area contributed by atoms with Crippen LogP contribution in [-0.4, -0.2) is 44.0 Å². The molecule has 2 rings (SSSR count). The first-order chi connectivity index (χ1) is 8.65. The van der Waals surface area contributed by atoms with Gasteiger partial charge in [-0.3, -0.25) is 4.79 Å². The normalized spacial score (nSPS) is 17.3. The molecule has 0 bridgehead atoms. The van der Waals surface area contributed by atoms with Crippen molar-refractivity contribution in [1.82, 2.24) is 4.90 Å². The molecule has 1 amide bonds. The van der Waals surface area contributed by atoms with Gasteiger partial charge in [0, 0.05) is 37.9 Å². The third-order valence-corrected chi connectivity index (χ3v) is 3.20. The molecule has 18 heavy (non-hydrogen) atoms. The lowest BCUT2D eigenvalue weighted by Crippen LogP contribution is -2.44. The summed E-state index contributed by atoms with van der Waals surface area (Å²) in [5.41, 5.74) is 7.29. The summed E-state index contributed by atoms with van der Waals surface area (Å²) in [5.74, 6) is -0.418. The molecule has 1 aromatic carbocycles. The molecule has 0 spiro atoms. The Morgan fingerprint density at radius 1 is 1.17 bits per heavy atom. The third-order valence-electron chi connectivity index (χ3n) is 3.20. The maximum absolute atomic E-state index is 10.6. The van der Waals surface area contributed by atoms with Crippen molar-refractivity contribution >= 4 is 17.7 Å². The quantitative estimate of drug-likeness (QED) is 0.806. The average Bonchev–Trinajstić information content (AvgIpc) is 2.38. The van der Waals surface area contributed by atoms with E-state index in [1.54, 1.807) is 6.08 Å². The molecule has 2 N–H and O–H groups in total. The second-order valence-electron chi connectivity index (χ2n) is 4.62. The predicted octanol–water partition coefficient (Wildman–Crippen LogP) is 0.937. The molecule has 1 aliphatic heterocycles. The minimum Gasteiger partial charge on any atom is -0.369 e. The molecular weight excluding hydrogens is 226 g/mol. The second-order valence-corrected chi connectivity index (χ2v) is 4.62. The third kappa shape index (κ3) is 3.34. The summed E-state index contributed by atoms with van der Waals surface area (Å²) in [6.45, 7) is 4.33. The summed E-state index contributed by atoms with van der Waals surface area (Å²) >= 11 is 0. The van der Waals surface area contributed by atoms with Crippen LogP contribution in [0.2, 0.25) is 0 Å². The van der Waals surface area contributed by atoms with E-state index < -0.39 is 5.91 Å². The molecule has 96 valence electrons. The Labute approximate surface area is 108 Å². The molecule has 0 unspecified atom stereocenters. The molecule has 1 aromatic rings. The highest BCUT2D eigenvalue weighted by Crippen LogP contribution is 2.17. The Kier molecular flexibility index (Phi) is 3.99. The lowest BCUT2D eigenvalue weighted by molar-refractivity contribution is -0.113. The molecule has 0 aliphatic carbocycles. The fourth-order valence-electron chi connectivity index (χ4n) is 2.04. The molecule has 0 aromatic heterocycles. The molecular formula is C14H19N3O. The lowest BCUT2D eigenvalue weighted by atomic mass is 10.1. The predicted molar refractivity (Wildman–Crippen MR) is 74.4 cm³/mol. The zero-order chi connectivity index (χ0) is 13.0. The van der Waals surface area contributed by atoms with Crippen LogP contribution in [0, 0.1) is 0 Å². The van der Waals surface area contributed by atoms with E-state index in [1.807, 2.05) is 12.1 Å². The van der Waals surface area contributed by atoms with Gasteiger partial charge in [0.1, 0.15) is 0 Å². The minimum absolute atomic E-state index is 0.418. The van der Waals surface area contributed by atoms with Gasteiger partial charge >= 0.3 is 0 Å². The number of primary amides is 1. The van der Waals surface area contributed by atoms with Crippen LogP contribution in [0.4, 0.5) is 5.69 Å². The van der Waals surface area contributed by atoms with E-state index in [2.05, 4.69) is 29.0 Å². The van der Waals surface area contributed by atoms with E-state index in [-0.39, 0.29) is 0 Å². The summed E-state index contributed by atoms with van der Waals surface area (Å²) in [5, 5.41) is 0. The fourth-order valence-corrected chi connectivity index (χ4v) is 2.04. The summed E-state index contributed by atoms with van der Waals surface area (Å²) in [4.78, 5) is 15.4. The van der Waals surface area contributed by atoms with Crippen LogP contribution in [0.5, 0.6) is 0 Å². The van der Waals surface area contributed by atoms with Crippen LogP contribution in [0.25, 0.3) is 6.08 Å². The summed E-state index contributed by atoms with van der Waals surface area (Å²) in [6, 6.07) is 8.19. The molecule has 1 heterocycles. The van der Waals surface area contributed by atoms with E-state index in [0.717, 1.165) is 31.7 Å². The monoisotopic (exact) mass is 245 g/mol. The number of nitrogens with two attached hydrogens (primary N) is 1. The SMILES string of the molecule is CN1CCN(c2ccc(C=CC(N)=O)cc2)CC1. The summed E-state index contributed by atoms with van der Waals surface area (Å²) in [6.07, 6.45) is 3.11. The number of benzene rings is 1. The number of anilines is 1. The number of likely N-dealkylation sites (N-methyl/N-ethyl adjacent to an activating group) is 1. The van der Waals surface area contributed by atoms with Crippen molar-refractivity contribution in [1.29, 1.82) is 0 Å². The van der Waals surface area contributed by atoms with Crippen LogP contribution in [-0.2, 0) is 4.79 Å². The van der Waals surface area contributed by atoms with Crippen molar-refractivity contribution in [2.75, 3.05) is 38.1 Å². The van der Waals surface area contributed by atoms with Gasteiger partial charge in [0.15, 0.2) is 0 Å². The van der Waals surface area contributed by atoms with Crippen LogP contribution in [0.15, 0.2) is 30.3 Å². The van der Waals surface area contributed by atoms with Gasteiger partial charge in [-0.05, 0) is 30.8 Å². The van der Waals surface area contributed by atoms with Gasteiger partial charge < -0.3 is 15.5 Å². The smallest absolute Gasteiger partial charge is 0.241 e. The van der Waals surface area contributed by atoms with Crippen LogP contribution < -0.4 is 10.6 Å². The number of hydrogen-bond donors (Lipinski definition) is 1. The minimum atomic E-state index is -0.418. The topological polar surface area (TPSA) is 49.6 Å². The second kappa shape index (κ2) is 5.69. The van der Waals surface area contributed by atoms with Crippen molar-refractivity contribution in [3.05, 3.63) is 35.9 Å². The number of nitrogens with zero attached hydrogens (tertiary/aromatic N) is 2. The first-order valence-electron chi connectivity index (χ1n) is 6.16. The fraction of sp³-hybridized carbons (Fsp3) is 0.357. The summed E-state index contributed by atoms with van der Waals surface area (Å²) in [7, 11) is 2.15. The molecule has 1 aliphatic rings. The van der Waals surface area contributed by atoms with Gasteiger partial charge in [-0.25, -0.2) is 0 Å². The number of carbonyl (C=O) groups is 1. The van der Waals surface area contributed by atoms with Gasteiger partial charge in [-0.15, -0.1) is 0 Å². The van der Waals surface area contributed by atoms with Gasteiger partial charge in [0.05, 0.1) is 0 Å². The van der Waals surface area contributed by atoms with Crippen molar-refractivity contribution in [2.45, 2.75) is 0 Å². The Morgan fingerprint density at radius 3 is 2.33 bits per heavy atom. The molecule has 4 nitrogen and oxygen atoms in total. The molecule has 0 saturated carbocycles. The number of piperazine rings is 1. The Hall–Kier alpha value is -1.81. The molecule has 0 radical (unpaired) electrons. The molecule has 1 saturated heterocycles. The van der Waals surface area contributed by atoms with Crippen LogP contribution in [0.1, 0.15) is 5.56 Å². The first-order valence-corrected chi connectivity index (χ1v) is 6.16. The summed E-state index contributed by atoms with van der Waals surface area (Å²) < 4.78 is 0. The Balaban J connectivity index is 2.01.